The van der Waals surface area contributed by atoms with Crippen molar-refractivity contribution in [3.8, 4) is 0 Å². The number of rotatable bonds is 2. The summed E-state index contributed by atoms with van der Waals surface area (Å²) < 4.78 is 1.11. The molecule has 9 nitrogen and oxygen atoms in total. The van der Waals surface area contributed by atoms with E-state index in [4.69, 9.17) is 0 Å². The predicted octanol–water partition coefficient (Wildman–Crippen LogP) is -1.14. The van der Waals surface area contributed by atoms with Crippen LogP contribution in [0.1, 0.15) is 10.6 Å². The maximum absolute atomic E-state index is 12.2. The van der Waals surface area contributed by atoms with E-state index in [0.717, 1.165) is 4.68 Å². The fourth-order valence-electron chi connectivity index (χ4n) is 2.21. The van der Waals surface area contributed by atoms with E-state index in [1.165, 1.54) is 7.05 Å². The van der Waals surface area contributed by atoms with Crippen LogP contribution < -0.4 is 10.6 Å². The average Bonchev–Trinajstić information content (AvgIpc) is 2.87. The van der Waals surface area contributed by atoms with Crippen LogP contribution in [-0.2, 0) is 7.05 Å². The molecular weight excluding hydrogens is 274 g/mol. The Labute approximate surface area is 120 Å². The second kappa shape index (κ2) is 5.35. The lowest BCUT2D eigenvalue weighted by molar-refractivity contribution is 0.0733. The Morgan fingerprint density at radius 2 is 1.86 bits per heavy atom. The maximum atomic E-state index is 12.2. The van der Waals surface area contributed by atoms with Crippen LogP contribution in [-0.4, -0.2) is 61.7 Å². The Balaban J connectivity index is 1.66. The van der Waals surface area contributed by atoms with Gasteiger partial charge in [0.05, 0.1) is 0 Å². The van der Waals surface area contributed by atoms with Crippen LogP contribution in [0.4, 0.5) is 5.95 Å². The van der Waals surface area contributed by atoms with E-state index in [0.29, 0.717) is 32.1 Å². The zero-order valence-corrected chi connectivity index (χ0v) is 11.6. The normalized spacial score (nSPS) is 15.3. The summed E-state index contributed by atoms with van der Waals surface area (Å²) in [4.78, 5) is 38.1. The van der Waals surface area contributed by atoms with Crippen molar-refractivity contribution in [3.05, 3.63) is 34.8 Å². The van der Waals surface area contributed by atoms with Crippen molar-refractivity contribution in [1.82, 2.24) is 29.6 Å². The van der Waals surface area contributed by atoms with Gasteiger partial charge in [0, 0.05) is 45.6 Å². The van der Waals surface area contributed by atoms with Crippen LogP contribution in [0.5, 0.6) is 0 Å². The number of aryl methyl sites for hydroxylation is 1. The summed E-state index contributed by atoms with van der Waals surface area (Å²) in [5, 5.41) is 3.88. The van der Waals surface area contributed by atoms with Gasteiger partial charge < -0.3 is 9.80 Å². The highest BCUT2D eigenvalue weighted by molar-refractivity contribution is 5.90. The second-order valence-corrected chi connectivity index (χ2v) is 4.73. The first-order valence-electron chi connectivity index (χ1n) is 6.60. The predicted molar refractivity (Wildman–Crippen MR) is 74.0 cm³/mol. The van der Waals surface area contributed by atoms with Crippen LogP contribution in [0.3, 0.4) is 0 Å². The minimum Gasteiger partial charge on any atom is -0.337 e. The van der Waals surface area contributed by atoms with Gasteiger partial charge in [0.25, 0.3) is 5.91 Å². The van der Waals surface area contributed by atoms with Crippen molar-refractivity contribution >= 4 is 11.9 Å². The topological polar surface area (TPSA) is 100 Å². The van der Waals surface area contributed by atoms with Crippen LogP contribution in [0.15, 0.2) is 23.3 Å². The molecule has 3 rings (SSSR count). The number of hydrogen-bond donors (Lipinski definition) is 1. The Bertz CT molecular complexity index is 685. The molecule has 0 spiro atoms. The molecule has 1 aliphatic rings. The van der Waals surface area contributed by atoms with E-state index in [1.807, 2.05) is 4.90 Å². The molecule has 0 bridgehead atoms. The zero-order valence-electron chi connectivity index (χ0n) is 11.6. The molecule has 110 valence electrons. The summed E-state index contributed by atoms with van der Waals surface area (Å²) in [6.07, 6.45) is 3.39. The molecule has 0 atom stereocenters. The molecule has 0 aromatic carbocycles. The Morgan fingerprint density at radius 1 is 1.19 bits per heavy atom. The van der Waals surface area contributed by atoms with Crippen LogP contribution in [0.25, 0.3) is 0 Å². The summed E-state index contributed by atoms with van der Waals surface area (Å²) in [7, 11) is 1.50. The number of aromatic nitrogens is 5. The minimum atomic E-state index is -0.394. The summed E-state index contributed by atoms with van der Waals surface area (Å²) >= 11 is 0. The molecule has 2 aromatic heterocycles. The van der Waals surface area contributed by atoms with E-state index in [1.54, 1.807) is 23.4 Å². The maximum Gasteiger partial charge on any atom is 0.343 e. The number of carbonyl (C=O) groups excluding carboxylic acids is 1. The molecule has 0 aliphatic carbocycles. The van der Waals surface area contributed by atoms with Crippen LogP contribution in [0.2, 0.25) is 0 Å². The van der Waals surface area contributed by atoms with Crippen molar-refractivity contribution in [1.29, 1.82) is 0 Å². The highest BCUT2D eigenvalue weighted by Crippen LogP contribution is 2.10. The summed E-state index contributed by atoms with van der Waals surface area (Å²) in [6.45, 7) is 2.37. The van der Waals surface area contributed by atoms with Crippen molar-refractivity contribution in [3.63, 3.8) is 0 Å². The highest BCUT2D eigenvalue weighted by Gasteiger charge is 2.25. The summed E-state index contributed by atoms with van der Waals surface area (Å²) in [5.74, 6) is 0.476. The SMILES string of the molecule is Cn1nc(C(=O)N2CCN(c3ncccn3)CC2)[nH]c1=O. The number of nitrogens with zero attached hydrogens (tertiary/aromatic N) is 6. The lowest BCUT2D eigenvalue weighted by Crippen LogP contribution is -2.49. The second-order valence-electron chi connectivity index (χ2n) is 4.73. The third-order valence-electron chi connectivity index (χ3n) is 3.37. The summed E-state index contributed by atoms with van der Waals surface area (Å²) in [5.41, 5.74) is -0.394. The van der Waals surface area contributed by atoms with Gasteiger partial charge in [-0.25, -0.2) is 19.4 Å². The standard InChI is InChI=1S/C12H15N7O2/c1-17-12(21)15-9(16-17)10(20)18-5-7-19(8-6-18)11-13-3-2-4-14-11/h2-4H,5-8H2,1H3,(H,15,16,21). The molecule has 1 aliphatic heterocycles. The number of piperazine rings is 1. The average molecular weight is 289 g/mol. The van der Waals surface area contributed by atoms with Gasteiger partial charge in [-0.05, 0) is 6.07 Å². The molecule has 0 radical (unpaired) electrons. The van der Waals surface area contributed by atoms with Crippen molar-refractivity contribution < 1.29 is 4.79 Å². The molecule has 21 heavy (non-hydrogen) atoms. The van der Waals surface area contributed by atoms with Crippen molar-refractivity contribution in [2.24, 2.45) is 7.05 Å². The first kappa shape index (κ1) is 13.3. The lowest BCUT2D eigenvalue weighted by Gasteiger charge is -2.34. The Morgan fingerprint density at radius 3 is 2.43 bits per heavy atom. The quantitative estimate of drug-likeness (QED) is 0.750. The molecule has 0 saturated carbocycles. The Kier molecular flexibility index (Phi) is 3.38. The van der Waals surface area contributed by atoms with E-state index in [2.05, 4.69) is 20.1 Å². The Hall–Kier alpha value is -2.71. The zero-order chi connectivity index (χ0) is 14.8. The first-order chi connectivity index (χ1) is 10.1. The largest absolute Gasteiger partial charge is 0.343 e. The number of anilines is 1. The van der Waals surface area contributed by atoms with Gasteiger partial charge in [-0.2, -0.15) is 0 Å². The lowest BCUT2D eigenvalue weighted by atomic mass is 10.3. The molecule has 0 unspecified atom stereocenters. The van der Waals surface area contributed by atoms with Gasteiger partial charge >= 0.3 is 5.69 Å². The van der Waals surface area contributed by atoms with Crippen LogP contribution >= 0.6 is 0 Å². The van der Waals surface area contributed by atoms with Gasteiger partial charge in [-0.3, -0.25) is 9.78 Å². The number of H-pyrrole nitrogens is 1. The third-order valence-corrected chi connectivity index (χ3v) is 3.37. The molecule has 1 saturated heterocycles. The van der Waals surface area contributed by atoms with Gasteiger partial charge in [0.2, 0.25) is 11.8 Å². The highest BCUT2D eigenvalue weighted by atomic mass is 16.2. The molecule has 1 fully saturated rings. The molecular formula is C12H15N7O2. The van der Waals surface area contributed by atoms with Gasteiger partial charge in [-0.15, -0.1) is 5.10 Å². The van der Waals surface area contributed by atoms with Crippen molar-refractivity contribution in [2.45, 2.75) is 0 Å². The fraction of sp³-hybridized carbons (Fsp3) is 0.417. The number of carbonyl (C=O) groups is 1. The number of aromatic amines is 1. The van der Waals surface area contributed by atoms with E-state index in [9.17, 15) is 9.59 Å². The molecule has 1 N–H and O–H groups in total. The van der Waals surface area contributed by atoms with E-state index in [-0.39, 0.29) is 11.7 Å². The third kappa shape index (κ3) is 2.62. The molecule has 2 aromatic rings. The smallest absolute Gasteiger partial charge is 0.337 e. The van der Waals surface area contributed by atoms with Gasteiger partial charge in [0.15, 0.2) is 0 Å². The fourth-order valence-corrected chi connectivity index (χ4v) is 2.21. The number of hydrogen-bond acceptors (Lipinski definition) is 6. The molecule has 1 amide bonds. The number of amides is 1. The van der Waals surface area contributed by atoms with Crippen LogP contribution in [0, 0.1) is 0 Å². The monoisotopic (exact) mass is 289 g/mol. The van der Waals surface area contributed by atoms with Gasteiger partial charge in [0.1, 0.15) is 0 Å². The van der Waals surface area contributed by atoms with E-state index >= 15 is 0 Å². The molecule has 9 heteroatoms. The number of nitrogens with one attached hydrogen (secondary N) is 1. The summed E-state index contributed by atoms with van der Waals surface area (Å²) in [6, 6.07) is 1.76. The molecule has 3 heterocycles. The van der Waals surface area contributed by atoms with E-state index < -0.39 is 5.69 Å². The first-order valence-corrected chi connectivity index (χ1v) is 6.60. The van der Waals surface area contributed by atoms with Crippen molar-refractivity contribution in [2.75, 3.05) is 31.1 Å². The minimum absolute atomic E-state index is 0.0758. The van der Waals surface area contributed by atoms with Gasteiger partial charge in [-0.1, -0.05) is 0 Å².